The van der Waals surface area contributed by atoms with E-state index in [0.29, 0.717) is 0 Å². The fraction of sp³-hybridized carbons (Fsp3) is 0. The van der Waals surface area contributed by atoms with Gasteiger partial charge in [-0.05, 0) is 65.6 Å². The van der Waals surface area contributed by atoms with Gasteiger partial charge in [-0.2, -0.15) is 0 Å². The van der Waals surface area contributed by atoms with Crippen LogP contribution in [0.15, 0.2) is 132 Å². The zero-order chi connectivity index (χ0) is 22.7. The predicted octanol–water partition coefficient (Wildman–Crippen LogP) is 6.11. The molecule has 0 amide bonds. The molecule has 1 aliphatic heterocycles. The summed E-state index contributed by atoms with van der Waals surface area (Å²) in [5.41, 5.74) is 2.74. The lowest BCUT2D eigenvalue weighted by Crippen LogP contribution is -2.72. The summed E-state index contributed by atoms with van der Waals surface area (Å²) in [6, 6.07) is 47.6. The molecule has 0 spiro atoms. The van der Waals surface area contributed by atoms with Gasteiger partial charge in [0, 0.05) is 4.47 Å². The van der Waals surface area contributed by atoms with Gasteiger partial charge in [0.1, 0.15) is 0 Å². The average Bonchev–Trinajstić information content (AvgIpc) is 3.18. The molecule has 0 unspecified atom stereocenters. The number of hydrogen-bond donors (Lipinski definition) is 0. The summed E-state index contributed by atoms with van der Waals surface area (Å²) in [6.07, 6.45) is 0. The second-order valence-electron chi connectivity index (χ2n) is 9.11. The van der Waals surface area contributed by atoms with Gasteiger partial charge in [-0.25, -0.2) is 0 Å². The van der Waals surface area contributed by atoms with Crippen molar-refractivity contribution in [2.75, 3.05) is 0 Å². The molecule has 6 aromatic carbocycles. The first-order valence-corrected chi connectivity index (χ1v) is 14.4. The van der Waals surface area contributed by atoms with Crippen LogP contribution in [-0.2, 0) is 0 Å². The van der Waals surface area contributed by atoms with E-state index in [1.165, 1.54) is 53.4 Å². The van der Waals surface area contributed by atoms with Crippen molar-refractivity contribution in [1.82, 2.24) is 0 Å². The van der Waals surface area contributed by atoms with E-state index in [9.17, 15) is 0 Å². The van der Waals surface area contributed by atoms with Crippen LogP contribution in [0, 0.1) is 0 Å². The highest BCUT2D eigenvalue weighted by atomic mass is 79.9. The van der Waals surface area contributed by atoms with Crippen molar-refractivity contribution in [3.63, 3.8) is 0 Å². The summed E-state index contributed by atoms with van der Waals surface area (Å²) in [5.74, 6) is 0. The SMILES string of the molecule is Brc1ccc2c(c1)[Si](c1ccc3ccccc3c1)(c1ccc3ccccc3c1)c1ccccc1-2. The fourth-order valence-corrected chi connectivity index (χ4v) is 11.7. The second-order valence-corrected chi connectivity index (χ2v) is 13.8. The predicted molar refractivity (Wildman–Crippen MR) is 152 cm³/mol. The minimum Gasteiger partial charge on any atom is -0.0623 e. The van der Waals surface area contributed by atoms with Crippen molar-refractivity contribution in [1.29, 1.82) is 0 Å². The fourth-order valence-electron chi connectivity index (χ4n) is 5.89. The summed E-state index contributed by atoms with van der Waals surface area (Å²) in [7, 11) is -2.52. The van der Waals surface area contributed by atoms with Crippen LogP contribution in [0.3, 0.4) is 0 Å². The van der Waals surface area contributed by atoms with Crippen molar-refractivity contribution in [3.05, 3.63) is 132 Å². The second kappa shape index (κ2) is 7.53. The van der Waals surface area contributed by atoms with Crippen molar-refractivity contribution < 1.29 is 0 Å². The van der Waals surface area contributed by atoms with Crippen LogP contribution in [0.1, 0.15) is 0 Å². The number of benzene rings is 6. The third-order valence-corrected chi connectivity index (χ3v) is 12.7. The van der Waals surface area contributed by atoms with E-state index in [4.69, 9.17) is 0 Å². The Morgan fingerprint density at radius 3 is 1.59 bits per heavy atom. The van der Waals surface area contributed by atoms with E-state index in [1.54, 1.807) is 0 Å². The normalized spacial score (nSPS) is 13.7. The molecular formula is C32H21BrSi. The van der Waals surface area contributed by atoms with Gasteiger partial charge in [-0.1, -0.05) is 131 Å². The van der Waals surface area contributed by atoms with Crippen LogP contribution in [0.5, 0.6) is 0 Å². The number of halogens is 1. The van der Waals surface area contributed by atoms with Crippen LogP contribution in [0.2, 0.25) is 0 Å². The van der Waals surface area contributed by atoms with E-state index < -0.39 is 8.07 Å². The molecule has 0 bridgehead atoms. The molecule has 160 valence electrons. The molecule has 1 aliphatic rings. The summed E-state index contributed by atoms with van der Waals surface area (Å²) in [4.78, 5) is 0. The molecule has 7 rings (SSSR count). The lowest BCUT2D eigenvalue weighted by atomic mass is 10.1. The van der Waals surface area contributed by atoms with Gasteiger partial charge >= 0.3 is 0 Å². The Hall–Kier alpha value is -3.46. The molecule has 0 fully saturated rings. The largest absolute Gasteiger partial charge is 0.180 e. The maximum Gasteiger partial charge on any atom is 0.180 e. The lowest BCUT2D eigenvalue weighted by molar-refractivity contribution is 1.67. The average molecular weight is 514 g/mol. The molecule has 0 atom stereocenters. The van der Waals surface area contributed by atoms with Crippen LogP contribution >= 0.6 is 15.9 Å². The smallest absolute Gasteiger partial charge is 0.0623 e. The summed E-state index contributed by atoms with van der Waals surface area (Å²) >= 11 is 3.81. The van der Waals surface area contributed by atoms with Gasteiger partial charge < -0.3 is 0 Å². The molecule has 0 aliphatic carbocycles. The van der Waals surface area contributed by atoms with Gasteiger partial charge in [0.25, 0.3) is 0 Å². The maximum absolute atomic E-state index is 3.81. The van der Waals surface area contributed by atoms with E-state index in [2.05, 4.69) is 143 Å². The summed E-state index contributed by atoms with van der Waals surface area (Å²) < 4.78 is 1.14. The van der Waals surface area contributed by atoms with Crippen molar-refractivity contribution >= 4 is 66.3 Å². The number of fused-ring (bicyclic) bond motifs is 5. The van der Waals surface area contributed by atoms with Gasteiger partial charge in [-0.15, -0.1) is 0 Å². The molecule has 34 heavy (non-hydrogen) atoms. The van der Waals surface area contributed by atoms with Crippen molar-refractivity contribution in [3.8, 4) is 11.1 Å². The minimum atomic E-state index is -2.52. The van der Waals surface area contributed by atoms with Crippen molar-refractivity contribution in [2.24, 2.45) is 0 Å². The Balaban J connectivity index is 1.66. The first kappa shape index (κ1) is 20.0. The third-order valence-electron chi connectivity index (χ3n) is 7.37. The van der Waals surface area contributed by atoms with Crippen LogP contribution in [0.4, 0.5) is 0 Å². The Morgan fingerprint density at radius 1 is 0.412 bits per heavy atom. The molecule has 0 saturated carbocycles. The van der Waals surface area contributed by atoms with Gasteiger partial charge in [0.2, 0.25) is 0 Å². The Kier molecular flexibility index (Phi) is 4.42. The first-order valence-electron chi connectivity index (χ1n) is 11.6. The molecule has 0 nitrogen and oxygen atoms in total. The molecular weight excluding hydrogens is 492 g/mol. The minimum absolute atomic E-state index is 1.14. The quantitative estimate of drug-likeness (QED) is 0.245. The monoisotopic (exact) mass is 512 g/mol. The Labute approximate surface area is 208 Å². The van der Waals surface area contributed by atoms with Gasteiger partial charge in [0.05, 0.1) is 0 Å². The summed E-state index contributed by atoms with van der Waals surface area (Å²) in [5, 5.41) is 11.0. The first-order chi connectivity index (χ1) is 16.7. The van der Waals surface area contributed by atoms with E-state index in [0.717, 1.165) is 4.47 Å². The zero-order valence-corrected chi connectivity index (χ0v) is 21.1. The van der Waals surface area contributed by atoms with Crippen LogP contribution in [0.25, 0.3) is 32.7 Å². The van der Waals surface area contributed by atoms with Gasteiger partial charge in [0.15, 0.2) is 8.07 Å². The topological polar surface area (TPSA) is 0 Å². The lowest BCUT2D eigenvalue weighted by Gasteiger charge is -2.32. The van der Waals surface area contributed by atoms with Crippen LogP contribution < -0.4 is 20.7 Å². The van der Waals surface area contributed by atoms with Gasteiger partial charge in [-0.3, -0.25) is 0 Å². The van der Waals surface area contributed by atoms with E-state index in [1.807, 2.05) is 0 Å². The molecule has 0 saturated heterocycles. The Morgan fingerprint density at radius 2 is 0.941 bits per heavy atom. The molecule has 2 heteroatoms. The zero-order valence-electron chi connectivity index (χ0n) is 18.5. The third kappa shape index (κ3) is 2.76. The maximum atomic E-state index is 3.81. The summed E-state index contributed by atoms with van der Waals surface area (Å²) in [6.45, 7) is 0. The van der Waals surface area contributed by atoms with E-state index >= 15 is 0 Å². The Bertz CT molecular complexity index is 1650. The standard InChI is InChI=1S/C32H21BrSi/c33-26-15-18-30-29-11-5-6-12-31(29)34(32(30)21-26,27-16-13-22-7-1-3-9-24(22)19-27)28-17-14-23-8-2-4-10-25(23)20-28/h1-21H. The highest BCUT2D eigenvalue weighted by Crippen LogP contribution is 2.31. The van der Waals surface area contributed by atoms with Crippen molar-refractivity contribution in [2.45, 2.75) is 0 Å². The molecule has 1 heterocycles. The molecule has 6 aromatic rings. The highest BCUT2D eigenvalue weighted by Gasteiger charge is 2.48. The van der Waals surface area contributed by atoms with Crippen LogP contribution in [-0.4, -0.2) is 8.07 Å². The highest BCUT2D eigenvalue weighted by molar-refractivity contribution is 9.10. The molecule has 0 radical (unpaired) electrons. The van der Waals surface area contributed by atoms with E-state index in [-0.39, 0.29) is 0 Å². The number of rotatable bonds is 2. The molecule has 0 aromatic heterocycles. The number of hydrogen-bond acceptors (Lipinski definition) is 0. The molecule has 0 N–H and O–H groups in total.